The topological polar surface area (TPSA) is 259 Å². The van der Waals surface area contributed by atoms with Gasteiger partial charge in [0.05, 0.1) is 31.6 Å². The minimum absolute atomic E-state index is 0.000819. The maximum atomic E-state index is 15.6. The van der Waals surface area contributed by atoms with E-state index < -0.39 is 126 Å². The van der Waals surface area contributed by atoms with Crippen molar-refractivity contribution in [3.8, 4) is 5.75 Å². The predicted molar refractivity (Wildman–Crippen MR) is 266 cm³/mol. The number of Topliss-reactive ketones (excluding diaryl/α,β-unsaturated/α-hetero) is 1. The van der Waals surface area contributed by atoms with Crippen LogP contribution in [0.2, 0.25) is 0 Å². The molecule has 0 bridgehead atoms. The van der Waals surface area contributed by atoms with Crippen molar-refractivity contribution in [1.29, 1.82) is 0 Å². The highest BCUT2D eigenvalue weighted by molar-refractivity contribution is 6.03. The molecule has 6 amide bonds. The Labute approximate surface area is 425 Å². The molecule has 10 atom stereocenters. The molecule has 2 heterocycles. The Kier molecular flexibility index (Phi) is 23.6. The Morgan fingerprint density at radius 2 is 1.49 bits per heavy atom. The Morgan fingerprint density at radius 3 is 2.04 bits per heavy atom. The van der Waals surface area contributed by atoms with E-state index in [1.165, 1.54) is 68.5 Å². The highest BCUT2D eigenvalue weighted by Gasteiger charge is 2.44. The quantitative estimate of drug-likeness (QED) is 0.122. The number of ether oxygens (including phenoxy) is 3. The number of ketones is 1. The van der Waals surface area contributed by atoms with E-state index in [0.29, 0.717) is 24.2 Å². The summed E-state index contributed by atoms with van der Waals surface area (Å²) in [5.41, 5.74) is 0.653. The number of hydrogen-bond donors (Lipinski definition) is 4. The van der Waals surface area contributed by atoms with Crippen LogP contribution in [0.15, 0.2) is 24.3 Å². The highest BCUT2D eigenvalue weighted by atomic mass is 16.6. The summed E-state index contributed by atoms with van der Waals surface area (Å²) in [6.07, 6.45) is -4.82. The van der Waals surface area contributed by atoms with Gasteiger partial charge < -0.3 is 54.7 Å². The first kappa shape index (κ1) is 60.7. The van der Waals surface area contributed by atoms with Crippen molar-refractivity contribution in [3.05, 3.63) is 29.8 Å². The lowest BCUT2D eigenvalue weighted by molar-refractivity contribution is -0.165. The van der Waals surface area contributed by atoms with Gasteiger partial charge in [0.1, 0.15) is 42.1 Å². The first-order valence-electron chi connectivity index (χ1n) is 25.3. The lowest BCUT2D eigenvalue weighted by Gasteiger charge is -2.40. The highest BCUT2D eigenvalue weighted by Crippen LogP contribution is 2.26. The van der Waals surface area contributed by atoms with Gasteiger partial charge in [-0.1, -0.05) is 53.7 Å². The molecular weight excluding hydrogens is 933 g/mol. The van der Waals surface area contributed by atoms with E-state index in [0.717, 1.165) is 0 Å². The molecule has 1 aromatic carbocycles. The van der Waals surface area contributed by atoms with Gasteiger partial charge in [0.25, 0.3) is 5.91 Å². The Morgan fingerprint density at radius 1 is 0.861 bits per heavy atom. The van der Waals surface area contributed by atoms with Crippen molar-refractivity contribution >= 4 is 53.2 Å². The van der Waals surface area contributed by atoms with Crippen LogP contribution in [-0.2, 0) is 59.0 Å². The number of likely N-dealkylation sites (tertiary alicyclic amines) is 1. The number of amides is 6. The Balaban J connectivity index is 2.20. The number of methoxy groups -OCH3 is 1. The summed E-state index contributed by atoms with van der Waals surface area (Å²) in [6.45, 7) is 16.4. The van der Waals surface area contributed by atoms with Crippen LogP contribution in [0.4, 0.5) is 0 Å². The molecule has 2 aliphatic rings. The number of esters is 2. The van der Waals surface area contributed by atoms with Gasteiger partial charge in [-0.05, 0) is 94.7 Å². The second kappa shape index (κ2) is 28.0. The fourth-order valence-corrected chi connectivity index (χ4v) is 9.11. The molecular formula is C52H82N6O14. The zero-order chi connectivity index (χ0) is 54.3. The molecule has 20 nitrogen and oxygen atoms in total. The van der Waals surface area contributed by atoms with Gasteiger partial charge in [-0.25, -0.2) is 4.79 Å². The second-order valence-corrected chi connectivity index (χ2v) is 20.6. The number of rotatable bonds is 18. The van der Waals surface area contributed by atoms with E-state index in [4.69, 9.17) is 14.2 Å². The van der Waals surface area contributed by atoms with Crippen molar-refractivity contribution in [2.45, 2.75) is 175 Å². The van der Waals surface area contributed by atoms with Crippen LogP contribution in [-0.4, -0.2) is 178 Å². The first-order valence-corrected chi connectivity index (χ1v) is 25.3. The van der Waals surface area contributed by atoms with Crippen LogP contribution in [0.5, 0.6) is 5.75 Å². The molecule has 2 fully saturated rings. The largest absolute Gasteiger partial charge is 0.497 e. The third-order valence-corrected chi connectivity index (χ3v) is 13.5. The summed E-state index contributed by atoms with van der Waals surface area (Å²) in [5.74, 6) is -7.75. The number of nitrogens with one attached hydrogen (secondary N) is 2. The van der Waals surface area contributed by atoms with E-state index in [2.05, 4.69) is 10.6 Å². The average Bonchev–Trinajstić information content (AvgIpc) is 3.81. The minimum atomic E-state index is -1.71. The zero-order valence-corrected chi connectivity index (χ0v) is 44.7. The maximum absolute atomic E-state index is 15.6. The van der Waals surface area contributed by atoms with Gasteiger partial charge in [-0.15, -0.1) is 0 Å². The number of cyclic esters (lactones) is 1. The van der Waals surface area contributed by atoms with Crippen molar-refractivity contribution in [2.75, 3.05) is 40.8 Å². The van der Waals surface area contributed by atoms with E-state index in [1.807, 2.05) is 27.7 Å². The third kappa shape index (κ3) is 16.7. The number of nitrogens with zero attached hydrogens (tertiary/aromatic N) is 4. The maximum Gasteiger partial charge on any atom is 0.329 e. The average molecular weight is 1020 g/mol. The van der Waals surface area contributed by atoms with Gasteiger partial charge in [0.15, 0.2) is 11.9 Å². The standard InChI is InChI=1S/C52H82N6O14/c1-29(2)25-39-42(61)28-43(62)72-46(31(5)6)45(63)32(7)47(64)53-22-14-15-23-58(39)51(68)44(34(9)71-52(69)41(55(11)35(10)60)27-36-18-20-37(70-13)21-19-36)54-48(65)40(26-30(3)4)56(12)50(67)38-17-16-24-57(38)49(66)33(8)59/h18-21,29-34,38-42,44,46,59,61H,14-17,22-28H2,1-13H3,(H,53,64)(H,54,65)/t32-,33+,34-,38+,39-,40+,41+,42+,44?,46+/m1/s1. The second-order valence-electron chi connectivity index (χ2n) is 20.6. The fourth-order valence-electron chi connectivity index (χ4n) is 9.11. The zero-order valence-electron chi connectivity index (χ0n) is 44.7. The summed E-state index contributed by atoms with van der Waals surface area (Å²) in [6, 6.07) is 0.629. The molecule has 3 rings (SSSR count). The molecule has 1 unspecified atom stereocenters. The molecule has 0 aromatic heterocycles. The van der Waals surface area contributed by atoms with Crippen molar-refractivity contribution in [1.82, 2.24) is 30.2 Å². The molecule has 0 aliphatic carbocycles. The lowest BCUT2D eigenvalue weighted by Crippen LogP contribution is -2.62. The number of hydrogen-bond acceptors (Lipinski definition) is 14. The van der Waals surface area contributed by atoms with Crippen LogP contribution in [0.3, 0.4) is 0 Å². The van der Waals surface area contributed by atoms with Crippen molar-refractivity contribution in [3.63, 3.8) is 0 Å². The Bertz CT molecular complexity index is 2050. The molecule has 72 heavy (non-hydrogen) atoms. The molecule has 0 radical (unpaired) electrons. The summed E-state index contributed by atoms with van der Waals surface area (Å²) in [5, 5.41) is 27.7. The summed E-state index contributed by atoms with van der Waals surface area (Å²) >= 11 is 0. The van der Waals surface area contributed by atoms with E-state index >= 15 is 4.79 Å². The van der Waals surface area contributed by atoms with Gasteiger partial charge in [0.2, 0.25) is 29.5 Å². The van der Waals surface area contributed by atoms with Crippen LogP contribution < -0.4 is 15.4 Å². The van der Waals surface area contributed by atoms with Gasteiger partial charge in [-0.3, -0.25) is 38.4 Å². The number of aliphatic hydroxyl groups is 2. The van der Waals surface area contributed by atoms with Crippen LogP contribution in [0.25, 0.3) is 0 Å². The van der Waals surface area contributed by atoms with Crippen LogP contribution in [0, 0.1) is 23.7 Å². The smallest absolute Gasteiger partial charge is 0.329 e. The fraction of sp³-hybridized carbons (Fsp3) is 0.712. The predicted octanol–water partition coefficient (Wildman–Crippen LogP) is 2.42. The molecule has 2 saturated heterocycles. The summed E-state index contributed by atoms with van der Waals surface area (Å²) in [7, 11) is 4.37. The van der Waals surface area contributed by atoms with Crippen LogP contribution in [0.1, 0.15) is 120 Å². The lowest BCUT2D eigenvalue weighted by atomic mass is 9.93. The molecule has 1 aromatic rings. The molecule has 404 valence electrons. The minimum Gasteiger partial charge on any atom is -0.497 e. The van der Waals surface area contributed by atoms with Crippen LogP contribution >= 0.6 is 0 Å². The van der Waals surface area contributed by atoms with Crippen molar-refractivity contribution < 1.29 is 67.6 Å². The first-order chi connectivity index (χ1) is 33.7. The normalized spacial score (nSPS) is 22.6. The van der Waals surface area contributed by atoms with E-state index in [1.54, 1.807) is 38.1 Å². The third-order valence-electron chi connectivity index (χ3n) is 13.5. The molecule has 0 saturated carbocycles. The Hall–Kier alpha value is -5.63. The summed E-state index contributed by atoms with van der Waals surface area (Å²) in [4.78, 5) is 130. The number of aliphatic hydroxyl groups excluding tert-OH is 2. The van der Waals surface area contributed by atoms with Crippen molar-refractivity contribution in [2.24, 2.45) is 23.7 Å². The number of carbonyl (C=O) groups is 9. The molecule has 20 heteroatoms. The monoisotopic (exact) mass is 1010 g/mol. The molecule has 2 aliphatic heterocycles. The van der Waals surface area contributed by atoms with Gasteiger partial charge in [0, 0.05) is 47.1 Å². The molecule has 4 N–H and O–H groups in total. The summed E-state index contributed by atoms with van der Waals surface area (Å²) < 4.78 is 17.1. The van der Waals surface area contributed by atoms with E-state index in [9.17, 15) is 48.6 Å². The van der Waals surface area contributed by atoms with E-state index in [-0.39, 0.29) is 63.6 Å². The number of benzene rings is 1. The number of likely N-dealkylation sites (N-methyl/N-ethyl adjacent to an activating group) is 2. The molecule has 0 spiro atoms. The SMILES string of the molecule is COc1ccc(C[C@@H](C(=O)O[C@H](C)C(NC(=O)[C@H](CC(C)C)N(C)C(=O)[C@@H]2CCCN2C(=O)[C@H](C)O)C(=O)N2CCCCNC(=O)[C@H](C)C(=O)[C@H](C(C)C)OC(=O)C[C@H](O)[C@H]2CC(C)C)N(C)C(C)=O)cc1. The van der Waals surface area contributed by atoms with Gasteiger partial charge in [-0.2, -0.15) is 0 Å². The van der Waals surface area contributed by atoms with Gasteiger partial charge >= 0.3 is 11.9 Å². The number of carbonyl (C=O) groups excluding carboxylic acids is 9.